The van der Waals surface area contributed by atoms with Gasteiger partial charge in [-0.05, 0) is 25.1 Å². The van der Waals surface area contributed by atoms with Crippen LogP contribution in [-0.4, -0.2) is 38.3 Å². The summed E-state index contributed by atoms with van der Waals surface area (Å²) in [5, 5.41) is 0.180. The molecule has 0 aromatic heterocycles. The first-order valence-electron chi connectivity index (χ1n) is 5.65. The molecule has 4 heteroatoms. The lowest BCUT2D eigenvalue weighted by Crippen LogP contribution is -2.61. The topological polar surface area (TPSA) is 29.5 Å². The average Bonchev–Trinajstić information content (AvgIpc) is 2.09. The molecule has 88 valence electrons. The highest BCUT2D eigenvalue weighted by Crippen LogP contribution is 2.38. The summed E-state index contributed by atoms with van der Waals surface area (Å²) in [6.07, 6.45) is -0.161. The molecule has 0 aromatic rings. The number of likely N-dealkylation sites (tertiary alicyclic amines) is 1. The standard InChI is InChI=1S/C11H23NO2Si/c1-7-12-8-9(10(12)13)14-15(5,6)11(2,3)4/h9H,7-8H2,1-6H3. The van der Waals surface area contributed by atoms with Crippen molar-refractivity contribution in [3.63, 3.8) is 0 Å². The zero-order chi connectivity index (χ0) is 11.9. The Balaban J connectivity index is 2.54. The molecule has 1 amide bonds. The van der Waals surface area contributed by atoms with Crippen LogP contribution in [0.5, 0.6) is 0 Å². The van der Waals surface area contributed by atoms with Crippen LogP contribution in [0.2, 0.25) is 18.1 Å². The summed E-state index contributed by atoms with van der Waals surface area (Å²) >= 11 is 0. The Bertz CT molecular complexity index is 258. The fourth-order valence-corrected chi connectivity index (χ4v) is 2.60. The Kier molecular flexibility index (Phi) is 3.31. The normalized spacial score (nSPS) is 22.9. The van der Waals surface area contributed by atoms with Crippen molar-refractivity contribution in [3.8, 4) is 0 Å². The minimum atomic E-state index is -1.77. The molecular formula is C11H23NO2Si. The summed E-state index contributed by atoms with van der Waals surface area (Å²) in [6.45, 7) is 14.5. The van der Waals surface area contributed by atoms with Crippen LogP contribution in [0, 0.1) is 0 Å². The number of hydrogen-bond acceptors (Lipinski definition) is 2. The third-order valence-corrected chi connectivity index (χ3v) is 8.08. The first kappa shape index (κ1) is 12.7. The van der Waals surface area contributed by atoms with Crippen molar-refractivity contribution in [1.29, 1.82) is 0 Å². The predicted molar refractivity (Wildman–Crippen MR) is 64.3 cm³/mol. The number of rotatable bonds is 3. The van der Waals surface area contributed by atoms with E-state index in [4.69, 9.17) is 4.43 Å². The van der Waals surface area contributed by atoms with E-state index in [1.54, 1.807) is 0 Å². The molecule has 15 heavy (non-hydrogen) atoms. The van der Waals surface area contributed by atoms with E-state index in [0.29, 0.717) is 0 Å². The van der Waals surface area contributed by atoms with E-state index in [0.717, 1.165) is 13.1 Å². The van der Waals surface area contributed by atoms with Gasteiger partial charge in [0.05, 0.1) is 6.54 Å². The Morgan fingerprint density at radius 2 is 2.00 bits per heavy atom. The lowest BCUT2D eigenvalue weighted by atomic mass is 10.1. The summed E-state index contributed by atoms with van der Waals surface area (Å²) in [6, 6.07) is 0. The summed E-state index contributed by atoms with van der Waals surface area (Å²) in [4.78, 5) is 13.5. The van der Waals surface area contributed by atoms with E-state index in [9.17, 15) is 4.79 Å². The number of carbonyl (C=O) groups excluding carboxylic acids is 1. The van der Waals surface area contributed by atoms with E-state index in [-0.39, 0.29) is 17.0 Å². The zero-order valence-corrected chi connectivity index (χ0v) is 11.8. The van der Waals surface area contributed by atoms with Gasteiger partial charge in [-0.2, -0.15) is 0 Å². The van der Waals surface area contributed by atoms with Gasteiger partial charge in [-0.25, -0.2) is 0 Å². The number of hydrogen-bond donors (Lipinski definition) is 0. The molecule has 0 saturated carbocycles. The van der Waals surface area contributed by atoms with Crippen LogP contribution in [0.15, 0.2) is 0 Å². The highest BCUT2D eigenvalue weighted by molar-refractivity contribution is 6.74. The maximum absolute atomic E-state index is 11.6. The molecule has 0 spiro atoms. The van der Waals surface area contributed by atoms with E-state index in [2.05, 4.69) is 33.9 Å². The first-order valence-corrected chi connectivity index (χ1v) is 8.56. The minimum absolute atomic E-state index is 0.161. The van der Waals surface area contributed by atoms with Crippen molar-refractivity contribution in [2.45, 2.75) is 51.9 Å². The molecular weight excluding hydrogens is 206 g/mol. The Morgan fingerprint density at radius 1 is 1.47 bits per heavy atom. The molecule has 1 unspecified atom stereocenters. The molecule has 1 aliphatic rings. The molecule has 1 fully saturated rings. The molecule has 0 N–H and O–H groups in total. The van der Waals surface area contributed by atoms with Gasteiger partial charge in [-0.15, -0.1) is 0 Å². The number of β-lactam (4-membered cyclic amide) rings is 1. The Hall–Kier alpha value is -0.353. The monoisotopic (exact) mass is 229 g/mol. The summed E-state index contributed by atoms with van der Waals surface area (Å²) in [7, 11) is -1.77. The summed E-state index contributed by atoms with van der Waals surface area (Å²) < 4.78 is 6.03. The highest BCUT2D eigenvalue weighted by Gasteiger charge is 2.45. The maximum Gasteiger partial charge on any atom is 0.252 e. The van der Waals surface area contributed by atoms with Gasteiger partial charge in [-0.3, -0.25) is 4.79 Å². The van der Waals surface area contributed by atoms with Crippen molar-refractivity contribution in [2.75, 3.05) is 13.1 Å². The minimum Gasteiger partial charge on any atom is -0.404 e. The molecule has 1 saturated heterocycles. The largest absolute Gasteiger partial charge is 0.404 e. The van der Waals surface area contributed by atoms with Crippen LogP contribution in [0.1, 0.15) is 27.7 Å². The predicted octanol–water partition coefficient (Wildman–Crippen LogP) is 2.24. The average molecular weight is 229 g/mol. The van der Waals surface area contributed by atoms with Crippen LogP contribution >= 0.6 is 0 Å². The maximum atomic E-state index is 11.6. The second-order valence-corrected chi connectivity index (χ2v) is 10.5. The summed E-state index contributed by atoms with van der Waals surface area (Å²) in [5.41, 5.74) is 0. The molecule has 0 radical (unpaired) electrons. The Morgan fingerprint density at radius 3 is 2.33 bits per heavy atom. The number of likely N-dealkylation sites (N-methyl/N-ethyl adjacent to an activating group) is 1. The van der Waals surface area contributed by atoms with Crippen LogP contribution in [0.4, 0.5) is 0 Å². The van der Waals surface area contributed by atoms with E-state index < -0.39 is 8.32 Å². The number of carbonyl (C=O) groups is 1. The Labute approximate surface area is 93.9 Å². The van der Waals surface area contributed by atoms with Gasteiger partial charge in [0.2, 0.25) is 0 Å². The van der Waals surface area contributed by atoms with E-state index in [1.165, 1.54) is 0 Å². The molecule has 0 bridgehead atoms. The van der Waals surface area contributed by atoms with Gasteiger partial charge in [-0.1, -0.05) is 20.8 Å². The zero-order valence-electron chi connectivity index (χ0n) is 10.8. The van der Waals surface area contributed by atoms with Gasteiger partial charge < -0.3 is 9.33 Å². The SMILES string of the molecule is CCN1CC(O[Si](C)(C)C(C)(C)C)C1=O. The second kappa shape index (κ2) is 3.90. The third kappa shape index (κ3) is 2.42. The molecule has 1 atom stereocenters. The molecule has 0 aliphatic carbocycles. The second-order valence-electron chi connectivity index (χ2n) is 5.74. The van der Waals surface area contributed by atoms with Gasteiger partial charge in [0, 0.05) is 6.54 Å². The highest BCUT2D eigenvalue weighted by atomic mass is 28.4. The first-order chi connectivity index (χ1) is 6.69. The smallest absolute Gasteiger partial charge is 0.252 e. The van der Waals surface area contributed by atoms with Crippen LogP contribution < -0.4 is 0 Å². The van der Waals surface area contributed by atoms with Crippen molar-refractivity contribution in [3.05, 3.63) is 0 Å². The van der Waals surface area contributed by atoms with E-state index >= 15 is 0 Å². The molecule has 1 aliphatic heterocycles. The van der Waals surface area contributed by atoms with Crippen molar-refractivity contribution in [2.24, 2.45) is 0 Å². The fraction of sp³-hybridized carbons (Fsp3) is 0.909. The van der Waals surface area contributed by atoms with Gasteiger partial charge in [0.15, 0.2) is 8.32 Å². The molecule has 0 aromatic carbocycles. The van der Waals surface area contributed by atoms with Gasteiger partial charge in [0.25, 0.3) is 5.91 Å². The lowest BCUT2D eigenvalue weighted by molar-refractivity contribution is -0.153. The molecule has 1 heterocycles. The van der Waals surface area contributed by atoms with Crippen molar-refractivity contribution < 1.29 is 9.22 Å². The van der Waals surface area contributed by atoms with Gasteiger partial charge >= 0.3 is 0 Å². The lowest BCUT2D eigenvalue weighted by Gasteiger charge is -2.45. The molecule has 3 nitrogen and oxygen atoms in total. The van der Waals surface area contributed by atoms with Crippen LogP contribution in [0.25, 0.3) is 0 Å². The number of amides is 1. The molecule has 1 rings (SSSR count). The van der Waals surface area contributed by atoms with Crippen molar-refractivity contribution >= 4 is 14.2 Å². The van der Waals surface area contributed by atoms with Gasteiger partial charge in [0.1, 0.15) is 6.10 Å². The summed E-state index contributed by atoms with van der Waals surface area (Å²) in [5.74, 6) is 0.169. The quantitative estimate of drug-likeness (QED) is 0.549. The van der Waals surface area contributed by atoms with E-state index in [1.807, 2.05) is 11.8 Å². The van der Waals surface area contributed by atoms with Crippen molar-refractivity contribution in [1.82, 2.24) is 4.90 Å². The van der Waals surface area contributed by atoms with Crippen LogP contribution in [0.3, 0.4) is 0 Å². The third-order valence-electron chi connectivity index (χ3n) is 3.60. The van der Waals surface area contributed by atoms with Crippen LogP contribution in [-0.2, 0) is 9.22 Å². The number of nitrogens with zero attached hydrogens (tertiary/aromatic N) is 1. The fourth-order valence-electron chi connectivity index (χ4n) is 1.36.